The molecule has 0 atom stereocenters. The van der Waals surface area contributed by atoms with Gasteiger partial charge in [-0.05, 0) is 66.4 Å². The second-order valence-electron chi connectivity index (χ2n) is 8.80. The van der Waals surface area contributed by atoms with Crippen LogP contribution in [-0.4, -0.2) is 18.6 Å². The first-order valence-electron chi connectivity index (χ1n) is 12.1. The van der Waals surface area contributed by atoms with E-state index in [1.54, 1.807) is 7.11 Å². The van der Waals surface area contributed by atoms with Gasteiger partial charge < -0.3 is 9.47 Å². The fraction of sp³-hybridized carbons (Fsp3) is 0.226. The molecule has 4 aromatic rings. The van der Waals surface area contributed by atoms with Crippen molar-refractivity contribution in [2.24, 2.45) is 0 Å². The summed E-state index contributed by atoms with van der Waals surface area (Å²) >= 11 is 0. The van der Waals surface area contributed by atoms with Crippen molar-refractivity contribution in [3.05, 3.63) is 131 Å². The van der Waals surface area contributed by atoms with Gasteiger partial charge in [0.05, 0.1) is 7.11 Å². The summed E-state index contributed by atoms with van der Waals surface area (Å²) in [6.45, 7) is 2.06. The zero-order chi connectivity index (χ0) is 25.2. The average molecular weight is 488 g/mol. The molecule has 0 radical (unpaired) electrons. The highest BCUT2D eigenvalue weighted by Gasteiger charge is 2.14. The average Bonchev–Trinajstić information content (AvgIpc) is 2.91. The van der Waals surface area contributed by atoms with Gasteiger partial charge in [-0.2, -0.15) is 0 Å². The summed E-state index contributed by atoms with van der Waals surface area (Å²) in [5, 5.41) is 0. The van der Waals surface area contributed by atoms with Crippen LogP contribution >= 0.6 is 0 Å². The molecule has 0 aromatic heterocycles. The highest BCUT2D eigenvalue weighted by molar-refractivity contribution is 5.43. The van der Waals surface area contributed by atoms with Crippen molar-refractivity contribution < 1.29 is 18.3 Å². The lowest BCUT2D eigenvalue weighted by Crippen LogP contribution is -2.25. The van der Waals surface area contributed by atoms with Crippen LogP contribution in [0.25, 0.3) is 0 Å². The van der Waals surface area contributed by atoms with Crippen molar-refractivity contribution in [3.63, 3.8) is 0 Å². The Hall–Kier alpha value is -3.70. The quantitative estimate of drug-likeness (QED) is 0.211. The van der Waals surface area contributed by atoms with Crippen LogP contribution in [0, 0.1) is 11.6 Å². The van der Waals surface area contributed by atoms with Gasteiger partial charge in [0.25, 0.3) is 0 Å². The van der Waals surface area contributed by atoms with E-state index in [0.29, 0.717) is 36.8 Å². The van der Waals surface area contributed by atoms with Crippen LogP contribution in [0.5, 0.6) is 11.5 Å². The third-order valence-electron chi connectivity index (χ3n) is 6.06. The lowest BCUT2D eigenvalue weighted by atomic mass is 10.1. The van der Waals surface area contributed by atoms with Gasteiger partial charge in [0.15, 0.2) is 11.5 Å². The number of ether oxygens (including phenoxy) is 2. The van der Waals surface area contributed by atoms with Gasteiger partial charge in [-0.1, -0.05) is 66.7 Å². The normalized spacial score (nSPS) is 11.0. The van der Waals surface area contributed by atoms with Crippen molar-refractivity contribution in [2.75, 3.05) is 13.7 Å². The smallest absolute Gasteiger partial charge is 0.161 e. The fourth-order valence-corrected chi connectivity index (χ4v) is 4.19. The van der Waals surface area contributed by atoms with Crippen LogP contribution in [-0.2, 0) is 26.1 Å². The Bertz CT molecular complexity index is 1230. The third-order valence-corrected chi connectivity index (χ3v) is 6.06. The van der Waals surface area contributed by atoms with Crippen LogP contribution in [0.4, 0.5) is 8.78 Å². The molecule has 0 spiro atoms. The van der Waals surface area contributed by atoms with E-state index >= 15 is 0 Å². The van der Waals surface area contributed by atoms with Crippen LogP contribution in [0.1, 0.15) is 28.7 Å². The van der Waals surface area contributed by atoms with Gasteiger partial charge in [0, 0.05) is 18.7 Å². The first-order valence-corrected chi connectivity index (χ1v) is 12.1. The summed E-state index contributed by atoms with van der Waals surface area (Å²) in [4.78, 5) is 2.14. The molecule has 0 unspecified atom stereocenters. The predicted octanol–water partition coefficient (Wildman–Crippen LogP) is 7.19. The van der Waals surface area contributed by atoms with Crippen molar-refractivity contribution >= 4 is 0 Å². The minimum absolute atomic E-state index is 0.312. The Labute approximate surface area is 211 Å². The molecule has 0 bridgehead atoms. The molecule has 0 aliphatic rings. The molecule has 0 N–H and O–H groups in total. The molecule has 0 amide bonds. The first kappa shape index (κ1) is 25.4. The second kappa shape index (κ2) is 12.8. The van der Waals surface area contributed by atoms with E-state index < -0.39 is 11.6 Å². The fourth-order valence-electron chi connectivity index (χ4n) is 4.19. The predicted molar refractivity (Wildman–Crippen MR) is 139 cm³/mol. The SMILES string of the molecule is COc1cc(CN(CCCc2ccccc2)Cc2cc(F)ccc2F)ccc1OCc1ccccc1. The summed E-state index contributed by atoms with van der Waals surface area (Å²) < 4.78 is 39.8. The van der Waals surface area contributed by atoms with Gasteiger partial charge in [0.1, 0.15) is 18.2 Å². The molecule has 0 saturated carbocycles. The van der Waals surface area contributed by atoms with E-state index in [1.165, 1.54) is 17.7 Å². The maximum Gasteiger partial charge on any atom is 0.161 e. The highest BCUT2D eigenvalue weighted by Crippen LogP contribution is 2.30. The zero-order valence-electron chi connectivity index (χ0n) is 20.5. The Kier molecular flexibility index (Phi) is 9.06. The van der Waals surface area contributed by atoms with Gasteiger partial charge in [0.2, 0.25) is 0 Å². The van der Waals surface area contributed by atoms with E-state index in [1.807, 2.05) is 66.7 Å². The van der Waals surface area contributed by atoms with Crippen molar-refractivity contribution in [1.29, 1.82) is 0 Å². The molecule has 186 valence electrons. The maximum absolute atomic E-state index is 14.4. The Morgan fingerprint density at radius 2 is 1.42 bits per heavy atom. The number of benzene rings is 4. The number of rotatable bonds is 12. The maximum atomic E-state index is 14.4. The Balaban J connectivity index is 1.46. The minimum Gasteiger partial charge on any atom is -0.493 e. The molecule has 36 heavy (non-hydrogen) atoms. The van der Waals surface area contributed by atoms with Crippen LogP contribution in [0.3, 0.4) is 0 Å². The number of hydrogen-bond donors (Lipinski definition) is 0. The van der Waals surface area contributed by atoms with Crippen LogP contribution in [0.2, 0.25) is 0 Å². The lowest BCUT2D eigenvalue weighted by molar-refractivity contribution is 0.248. The molecule has 4 aromatic carbocycles. The second-order valence-corrected chi connectivity index (χ2v) is 8.80. The minimum atomic E-state index is -0.433. The summed E-state index contributed by atoms with van der Waals surface area (Å²) in [5.41, 5.74) is 3.70. The summed E-state index contributed by atoms with van der Waals surface area (Å²) in [5.74, 6) is 0.477. The number of aryl methyl sites for hydroxylation is 1. The zero-order valence-corrected chi connectivity index (χ0v) is 20.5. The molecule has 0 fully saturated rings. The van der Waals surface area contributed by atoms with Crippen molar-refractivity contribution in [2.45, 2.75) is 32.5 Å². The van der Waals surface area contributed by atoms with Crippen LogP contribution in [0.15, 0.2) is 97.1 Å². The van der Waals surface area contributed by atoms with E-state index in [0.717, 1.165) is 36.6 Å². The molecular weight excluding hydrogens is 456 g/mol. The van der Waals surface area contributed by atoms with Crippen molar-refractivity contribution in [1.82, 2.24) is 4.90 Å². The largest absolute Gasteiger partial charge is 0.493 e. The molecular formula is C31H31F2NO2. The molecule has 0 saturated heterocycles. The lowest BCUT2D eigenvalue weighted by Gasteiger charge is -2.23. The highest BCUT2D eigenvalue weighted by atomic mass is 19.1. The molecule has 0 heterocycles. The Morgan fingerprint density at radius 1 is 0.694 bits per heavy atom. The van der Waals surface area contributed by atoms with E-state index in [-0.39, 0.29) is 0 Å². The standard InChI is InChI=1S/C31H31F2NO2/c1-35-31-19-26(14-17-30(31)36-23-25-11-6-3-7-12-25)21-34(18-8-13-24-9-4-2-5-10-24)22-27-20-28(32)15-16-29(27)33/h2-7,9-12,14-17,19-20H,8,13,18,21-23H2,1H3. The monoisotopic (exact) mass is 487 g/mol. The summed E-state index contributed by atoms with van der Waals surface area (Å²) in [6.07, 6.45) is 1.81. The van der Waals surface area contributed by atoms with Gasteiger partial charge in [-0.25, -0.2) is 8.78 Å². The van der Waals surface area contributed by atoms with Crippen LogP contribution < -0.4 is 9.47 Å². The van der Waals surface area contributed by atoms with Crippen molar-refractivity contribution in [3.8, 4) is 11.5 Å². The topological polar surface area (TPSA) is 21.7 Å². The van der Waals surface area contributed by atoms with E-state index in [4.69, 9.17) is 9.47 Å². The molecule has 4 rings (SSSR count). The molecule has 3 nitrogen and oxygen atoms in total. The third kappa shape index (κ3) is 7.40. The Morgan fingerprint density at radius 3 is 2.14 bits per heavy atom. The number of nitrogens with zero attached hydrogens (tertiary/aromatic N) is 1. The molecule has 0 aliphatic heterocycles. The molecule has 5 heteroatoms. The van der Waals surface area contributed by atoms with Gasteiger partial charge in [-0.3, -0.25) is 4.90 Å². The molecule has 0 aliphatic carbocycles. The number of halogens is 2. The van der Waals surface area contributed by atoms with Gasteiger partial charge in [-0.15, -0.1) is 0 Å². The number of hydrogen-bond acceptors (Lipinski definition) is 3. The first-order chi connectivity index (χ1) is 17.6. The van der Waals surface area contributed by atoms with E-state index in [2.05, 4.69) is 17.0 Å². The van der Waals surface area contributed by atoms with Gasteiger partial charge >= 0.3 is 0 Å². The summed E-state index contributed by atoms with van der Waals surface area (Å²) in [7, 11) is 1.62. The summed E-state index contributed by atoms with van der Waals surface area (Å²) in [6, 6.07) is 29.7. The van der Waals surface area contributed by atoms with E-state index in [9.17, 15) is 8.78 Å². The number of methoxy groups -OCH3 is 1.